The van der Waals surface area contributed by atoms with E-state index in [2.05, 4.69) is 31.3 Å². The number of unbranched alkanes of at least 4 members (excludes halogenated alkanes) is 1. The van der Waals surface area contributed by atoms with Crippen LogP contribution >= 0.6 is 0 Å². The molecular formula is C23H37NO4. The molecule has 0 heterocycles. The van der Waals surface area contributed by atoms with Gasteiger partial charge in [0.05, 0.1) is 0 Å². The highest BCUT2D eigenvalue weighted by atomic mass is 16.4. The number of carbonyl (C=O) groups is 2. The van der Waals surface area contributed by atoms with E-state index in [1.165, 1.54) is 6.42 Å². The van der Waals surface area contributed by atoms with Gasteiger partial charge < -0.3 is 15.5 Å². The highest BCUT2D eigenvalue weighted by Crippen LogP contribution is 2.62. The van der Waals surface area contributed by atoms with Gasteiger partial charge in [0, 0.05) is 12.5 Å². The van der Waals surface area contributed by atoms with Gasteiger partial charge in [0.15, 0.2) is 0 Å². The van der Waals surface area contributed by atoms with Gasteiger partial charge >= 0.3 is 5.97 Å². The molecule has 5 nitrogen and oxygen atoms in total. The van der Waals surface area contributed by atoms with E-state index in [0.29, 0.717) is 29.6 Å². The fraction of sp³-hybridized carbons (Fsp3) is 0.826. The highest BCUT2D eigenvalue weighted by molar-refractivity contribution is 5.81. The first kappa shape index (κ1) is 21.4. The highest BCUT2D eigenvalue weighted by Gasteiger charge is 2.57. The zero-order valence-electron chi connectivity index (χ0n) is 17.4. The number of aliphatic hydroxyl groups is 1. The summed E-state index contributed by atoms with van der Waals surface area (Å²) in [5.74, 6) is 0.863. The van der Waals surface area contributed by atoms with Crippen molar-refractivity contribution in [1.29, 1.82) is 0 Å². The van der Waals surface area contributed by atoms with E-state index in [0.717, 1.165) is 44.9 Å². The van der Waals surface area contributed by atoms with Crippen LogP contribution in [-0.4, -0.2) is 34.2 Å². The quantitative estimate of drug-likeness (QED) is 0.411. The van der Waals surface area contributed by atoms with Gasteiger partial charge in [-0.15, -0.1) is 0 Å². The van der Waals surface area contributed by atoms with Gasteiger partial charge in [-0.1, -0.05) is 38.8 Å². The molecule has 2 bridgehead atoms. The van der Waals surface area contributed by atoms with Crippen molar-refractivity contribution in [3.63, 3.8) is 0 Å². The normalized spacial score (nSPS) is 32.8. The average Bonchev–Trinajstić information content (AvgIpc) is 3.18. The molecule has 5 heteroatoms. The summed E-state index contributed by atoms with van der Waals surface area (Å²) in [6.45, 7) is 4.70. The number of allylic oxidation sites excluding steroid dienone is 2. The molecule has 158 valence electrons. The SMILES string of the molecule is CC1(C)C2C[C@H](NC(=O)[C@H](O)C3CCCC3)[C@@H](C/C=C\CCCC(=O)O)[C@@H]1C2. The first-order valence-corrected chi connectivity index (χ1v) is 11.2. The Balaban J connectivity index is 1.56. The van der Waals surface area contributed by atoms with E-state index in [1.54, 1.807) is 0 Å². The van der Waals surface area contributed by atoms with E-state index < -0.39 is 12.1 Å². The van der Waals surface area contributed by atoms with Crippen molar-refractivity contribution in [2.75, 3.05) is 0 Å². The number of carboxylic acids is 1. The second-order valence-electron chi connectivity index (χ2n) is 9.86. The molecular weight excluding hydrogens is 354 g/mol. The number of carboxylic acid groups (broad SMARTS) is 1. The molecule has 0 saturated heterocycles. The Labute approximate surface area is 169 Å². The van der Waals surface area contributed by atoms with E-state index in [4.69, 9.17) is 5.11 Å². The van der Waals surface area contributed by atoms with Crippen LogP contribution in [0.4, 0.5) is 0 Å². The summed E-state index contributed by atoms with van der Waals surface area (Å²) in [6, 6.07) is 0.143. The van der Waals surface area contributed by atoms with Crippen molar-refractivity contribution in [2.24, 2.45) is 29.1 Å². The number of carbonyl (C=O) groups excluding carboxylic acids is 1. The fourth-order valence-corrected chi connectivity index (χ4v) is 5.94. The molecule has 0 spiro atoms. The molecule has 3 N–H and O–H groups in total. The van der Waals surface area contributed by atoms with Crippen LogP contribution in [0.3, 0.4) is 0 Å². The zero-order valence-corrected chi connectivity index (χ0v) is 17.4. The van der Waals surface area contributed by atoms with Crippen molar-refractivity contribution in [1.82, 2.24) is 5.32 Å². The number of fused-ring (bicyclic) bond motifs is 2. The van der Waals surface area contributed by atoms with Crippen molar-refractivity contribution < 1.29 is 19.8 Å². The van der Waals surface area contributed by atoms with Gasteiger partial charge in [0.2, 0.25) is 5.91 Å². The van der Waals surface area contributed by atoms with E-state index in [1.807, 2.05) is 0 Å². The maximum absolute atomic E-state index is 12.7. The van der Waals surface area contributed by atoms with Gasteiger partial charge in [-0.25, -0.2) is 0 Å². The molecule has 28 heavy (non-hydrogen) atoms. The molecule has 4 aliphatic rings. The van der Waals surface area contributed by atoms with Crippen LogP contribution in [0.5, 0.6) is 0 Å². The molecule has 1 amide bonds. The monoisotopic (exact) mass is 391 g/mol. The van der Waals surface area contributed by atoms with Gasteiger partial charge in [0.25, 0.3) is 0 Å². The lowest BCUT2D eigenvalue weighted by atomic mass is 9.44. The van der Waals surface area contributed by atoms with Crippen molar-refractivity contribution in [3.8, 4) is 0 Å². The Morgan fingerprint density at radius 3 is 2.54 bits per heavy atom. The summed E-state index contributed by atoms with van der Waals surface area (Å²) in [5, 5.41) is 22.4. The molecule has 4 rings (SSSR count). The van der Waals surface area contributed by atoms with E-state index in [-0.39, 0.29) is 24.3 Å². The Morgan fingerprint density at radius 2 is 1.89 bits per heavy atom. The number of hydrogen-bond acceptors (Lipinski definition) is 3. The molecule has 0 radical (unpaired) electrons. The van der Waals surface area contributed by atoms with Crippen LogP contribution < -0.4 is 5.32 Å². The molecule has 0 aliphatic heterocycles. The Hall–Kier alpha value is -1.36. The number of rotatable bonds is 9. The predicted octanol–water partition coefficient (Wildman–Crippen LogP) is 3.91. The Kier molecular flexibility index (Phi) is 6.85. The smallest absolute Gasteiger partial charge is 0.303 e. The molecule has 4 aliphatic carbocycles. The number of aliphatic carboxylic acids is 1. The molecule has 4 saturated carbocycles. The summed E-state index contributed by atoms with van der Waals surface area (Å²) >= 11 is 0. The average molecular weight is 392 g/mol. The van der Waals surface area contributed by atoms with Gasteiger partial charge in [-0.05, 0) is 74.0 Å². The number of amides is 1. The van der Waals surface area contributed by atoms with Crippen LogP contribution in [0.1, 0.15) is 78.1 Å². The minimum Gasteiger partial charge on any atom is -0.481 e. The molecule has 0 aromatic rings. The van der Waals surface area contributed by atoms with Crippen LogP contribution in [-0.2, 0) is 9.59 Å². The van der Waals surface area contributed by atoms with Gasteiger partial charge in [-0.2, -0.15) is 0 Å². The van der Waals surface area contributed by atoms with Crippen LogP contribution in [0, 0.1) is 29.1 Å². The zero-order chi connectivity index (χ0) is 20.3. The second kappa shape index (κ2) is 8.98. The topological polar surface area (TPSA) is 86.6 Å². The summed E-state index contributed by atoms with van der Waals surface area (Å²) < 4.78 is 0. The molecule has 0 aromatic carbocycles. The predicted molar refractivity (Wildman–Crippen MR) is 109 cm³/mol. The lowest BCUT2D eigenvalue weighted by Crippen LogP contribution is -2.62. The van der Waals surface area contributed by atoms with Crippen LogP contribution in [0.25, 0.3) is 0 Å². The maximum atomic E-state index is 12.7. The fourth-order valence-electron chi connectivity index (χ4n) is 5.94. The number of aliphatic hydroxyl groups excluding tert-OH is 1. The summed E-state index contributed by atoms with van der Waals surface area (Å²) in [7, 11) is 0. The summed E-state index contributed by atoms with van der Waals surface area (Å²) in [5.41, 5.74) is 0.326. The number of hydrogen-bond donors (Lipinski definition) is 3. The van der Waals surface area contributed by atoms with E-state index >= 15 is 0 Å². The third-order valence-electron chi connectivity index (χ3n) is 7.90. The molecule has 1 unspecified atom stereocenters. The lowest BCUT2D eigenvalue weighted by Gasteiger charge is -2.62. The maximum Gasteiger partial charge on any atom is 0.303 e. The Morgan fingerprint density at radius 1 is 1.18 bits per heavy atom. The van der Waals surface area contributed by atoms with Crippen molar-refractivity contribution in [3.05, 3.63) is 12.2 Å². The second-order valence-corrected chi connectivity index (χ2v) is 9.86. The molecule has 5 atom stereocenters. The van der Waals surface area contributed by atoms with Crippen molar-refractivity contribution >= 4 is 11.9 Å². The third-order valence-corrected chi connectivity index (χ3v) is 7.90. The first-order chi connectivity index (χ1) is 13.3. The number of nitrogens with one attached hydrogen (secondary N) is 1. The van der Waals surface area contributed by atoms with E-state index in [9.17, 15) is 14.7 Å². The largest absolute Gasteiger partial charge is 0.481 e. The van der Waals surface area contributed by atoms with Gasteiger partial charge in [-0.3, -0.25) is 9.59 Å². The van der Waals surface area contributed by atoms with Crippen LogP contribution in [0.2, 0.25) is 0 Å². The summed E-state index contributed by atoms with van der Waals surface area (Å²) in [4.78, 5) is 23.3. The van der Waals surface area contributed by atoms with Gasteiger partial charge in [0.1, 0.15) is 6.10 Å². The molecule has 4 fully saturated rings. The summed E-state index contributed by atoms with van der Waals surface area (Å²) in [6.07, 6.45) is 12.4. The molecule has 0 aromatic heterocycles. The first-order valence-electron chi connectivity index (χ1n) is 11.2. The minimum atomic E-state index is -0.860. The third kappa shape index (κ3) is 4.61. The minimum absolute atomic E-state index is 0.127. The Bertz CT molecular complexity index is 593. The van der Waals surface area contributed by atoms with Crippen molar-refractivity contribution in [2.45, 2.75) is 90.2 Å². The van der Waals surface area contributed by atoms with Crippen LogP contribution in [0.15, 0.2) is 12.2 Å². The lowest BCUT2D eigenvalue weighted by molar-refractivity contribution is -0.143. The standard InChI is InChI=1S/C23H37NO4/c1-23(2)16-13-18(23)17(11-5-3-4-6-12-20(25)26)19(14-16)24-22(28)21(27)15-9-7-8-10-15/h3,5,15-19,21,27H,4,6-14H2,1-2H3,(H,24,28)(H,25,26)/b5-3-/t16?,17-,18-,19-,21+/m0/s1.